The van der Waals surface area contributed by atoms with Gasteiger partial charge in [0.05, 0.1) is 5.84 Å². The molecule has 2 atom stereocenters. The van der Waals surface area contributed by atoms with Gasteiger partial charge in [0.1, 0.15) is 0 Å². The van der Waals surface area contributed by atoms with Crippen LogP contribution in [-0.2, 0) is 65.4 Å². The zero-order valence-corrected chi connectivity index (χ0v) is 16.9. The van der Waals surface area contributed by atoms with Gasteiger partial charge in [-0.05, 0) is 20.0 Å². The van der Waals surface area contributed by atoms with Gasteiger partial charge in [0.25, 0.3) is 0 Å². The summed E-state index contributed by atoms with van der Waals surface area (Å²) in [6, 6.07) is 0. The summed E-state index contributed by atoms with van der Waals surface area (Å²) in [5.74, 6) is 2.29. The van der Waals surface area contributed by atoms with Crippen molar-refractivity contribution < 1.29 is 65.4 Å². The average molecular weight is 387 g/mol. The molecule has 2 fully saturated rings. The predicted molar refractivity (Wildman–Crippen MR) is 64.3 cm³/mol. The van der Waals surface area contributed by atoms with Gasteiger partial charge < -0.3 is 10.2 Å². The van der Waals surface area contributed by atoms with E-state index in [1.807, 2.05) is 11.8 Å². The Morgan fingerprint density at radius 1 is 1.24 bits per heavy atom. The molecule has 0 saturated carbocycles. The van der Waals surface area contributed by atoms with Crippen LogP contribution in [0, 0.1) is 30.3 Å². The number of likely N-dealkylation sites (tertiary alicyclic amines) is 1. The summed E-state index contributed by atoms with van der Waals surface area (Å²) >= 11 is 0. The van der Waals surface area contributed by atoms with Crippen molar-refractivity contribution >= 4 is 5.84 Å². The molecule has 0 aliphatic carbocycles. The van der Waals surface area contributed by atoms with Crippen molar-refractivity contribution in [3.8, 4) is 0 Å². The van der Waals surface area contributed by atoms with Crippen LogP contribution in [0.4, 0.5) is 0 Å². The fraction of sp³-hybridized carbons (Fsp3) is 0.750. The first-order valence-electron chi connectivity index (χ1n) is 5.79. The minimum Gasteiger partial charge on any atom is -0.511 e. The van der Waals surface area contributed by atoms with Crippen molar-refractivity contribution in [1.29, 1.82) is 5.41 Å². The predicted octanol–water partition coefficient (Wildman–Crippen LogP) is 2.26. The van der Waals surface area contributed by atoms with Crippen molar-refractivity contribution in [1.82, 2.24) is 10.2 Å². The number of amidine groups is 1. The molecule has 2 saturated heterocycles. The second-order valence-corrected chi connectivity index (χ2v) is 4.71. The van der Waals surface area contributed by atoms with Crippen molar-refractivity contribution in [2.24, 2.45) is 11.8 Å². The van der Waals surface area contributed by atoms with Crippen molar-refractivity contribution in [2.45, 2.75) is 33.6 Å². The summed E-state index contributed by atoms with van der Waals surface area (Å²) in [5, 5.41) is 10.4. The molecule has 2 aliphatic rings. The van der Waals surface area contributed by atoms with E-state index in [2.05, 4.69) is 32.3 Å². The summed E-state index contributed by atoms with van der Waals surface area (Å²) in [7, 11) is 0. The van der Waals surface area contributed by atoms with Gasteiger partial charge in [0.2, 0.25) is 0 Å². The molecule has 2 aliphatic heterocycles. The van der Waals surface area contributed by atoms with Crippen molar-refractivity contribution in [3.05, 3.63) is 13.1 Å². The third-order valence-corrected chi connectivity index (χ3v) is 2.80. The van der Waals surface area contributed by atoms with E-state index < -0.39 is 0 Å². The SMILES string of the molecule is CC(=N)N1[CH-]CC(C)C1.CC1C[CH-]NC1.[Y].[Y]. The minimum absolute atomic E-state index is 0. The van der Waals surface area contributed by atoms with E-state index in [0.717, 1.165) is 24.8 Å². The maximum Gasteiger partial charge on any atom is 0.0631 e. The first-order chi connectivity index (χ1) is 7.09. The molecule has 2 radical (unpaired) electrons. The molecule has 3 nitrogen and oxygen atoms in total. The van der Waals surface area contributed by atoms with Crippen LogP contribution in [0.3, 0.4) is 0 Å². The molecule has 2 heterocycles. The first kappa shape index (κ1) is 20.9. The van der Waals surface area contributed by atoms with Gasteiger partial charge >= 0.3 is 0 Å². The fourth-order valence-electron chi connectivity index (χ4n) is 1.72. The van der Waals surface area contributed by atoms with Gasteiger partial charge in [0, 0.05) is 65.4 Å². The Morgan fingerprint density at radius 3 is 2.06 bits per heavy atom. The minimum atomic E-state index is 0. The van der Waals surface area contributed by atoms with E-state index in [0.29, 0.717) is 5.84 Å². The standard InChI is InChI=1S/C7H13N2.C5H10N.2Y/c1-6-3-4-9(5-6)7(2)8;1-5-2-3-6-4-5;;/h4,6,8H,3,5H2,1-2H3;3,5-6H,2,4H2,1H3;;/q2*-1;;. The molecule has 0 spiro atoms. The first-order valence-corrected chi connectivity index (χ1v) is 5.79. The molecule has 0 bridgehead atoms. The van der Waals surface area contributed by atoms with Gasteiger partial charge in [-0.25, -0.2) is 6.54 Å². The molecule has 0 amide bonds. The molecule has 17 heavy (non-hydrogen) atoms. The summed E-state index contributed by atoms with van der Waals surface area (Å²) < 4.78 is 0. The quantitative estimate of drug-likeness (QED) is 0.380. The molecule has 2 N–H and O–H groups in total. The Kier molecular flexibility index (Phi) is 14.1. The van der Waals surface area contributed by atoms with Gasteiger partial charge in [-0.15, -0.1) is 0 Å². The Morgan fingerprint density at radius 2 is 1.88 bits per heavy atom. The zero-order chi connectivity index (χ0) is 11.3. The fourth-order valence-corrected chi connectivity index (χ4v) is 1.72. The van der Waals surface area contributed by atoms with Crippen LogP contribution >= 0.6 is 0 Å². The Labute approximate surface area is 157 Å². The molecule has 5 heteroatoms. The Hall–Kier alpha value is 1.64. The molecule has 94 valence electrons. The molecule has 2 rings (SSSR count). The topological polar surface area (TPSA) is 39.1 Å². The third kappa shape index (κ3) is 9.21. The smallest absolute Gasteiger partial charge is 0.0631 e. The number of hydrogen-bond donors (Lipinski definition) is 2. The Balaban J connectivity index is 0. The molecule has 0 aromatic heterocycles. The van der Waals surface area contributed by atoms with E-state index in [1.165, 1.54) is 13.0 Å². The molecule has 0 aromatic carbocycles. The summed E-state index contributed by atoms with van der Waals surface area (Å²) in [5.41, 5.74) is 0. The van der Waals surface area contributed by atoms with Gasteiger partial charge in [-0.3, -0.25) is 12.0 Å². The Bertz CT molecular complexity index is 206. The van der Waals surface area contributed by atoms with Crippen molar-refractivity contribution in [2.75, 3.05) is 13.1 Å². The largest absolute Gasteiger partial charge is 0.511 e. The zero-order valence-electron chi connectivity index (χ0n) is 11.2. The molecule has 0 aromatic rings. The summed E-state index contributed by atoms with van der Waals surface area (Å²) in [4.78, 5) is 2.00. The maximum atomic E-state index is 7.28. The van der Waals surface area contributed by atoms with Crippen molar-refractivity contribution in [3.63, 3.8) is 0 Å². The monoisotopic (exact) mass is 387 g/mol. The number of nitrogens with one attached hydrogen (secondary N) is 2. The van der Waals surface area contributed by atoms with E-state index in [4.69, 9.17) is 5.41 Å². The van der Waals surface area contributed by atoms with Crippen LogP contribution in [0.15, 0.2) is 0 Å². The average Bonchev–Trinajstić information content (AvgIpc) is 2.77. The van der Waals surface area contributed by atoms with Crippen LogP contribution in [-0.4, -0.2) is 23.8 Å². The summed E-state index contributed by atoms with van der Waals surface area (Å²) in [6.07, 6.45) is 2.39. The van der Waals surface area contributed by atoms with E-state index >= 15 is 0 Å². The number of rotatable bonds is 0. The molecular formula is C12H23N3Y2-2. The van der Waals surface area contributed by atoms with Crippen LogP contribution in [0.2, 0.25) is 0 Å². The van der Waals surface area contributed by atoms with E-state index in [9.17, 15) is 0 Å². The van der Waals surface area contributed by atoms with Gasteiger partial charge in [-0.1, -0.05) is 25.7 Å². The van der Waals surface area contributed by atoms with Crippen LogP contribution in [0.1, 0.15) is 33.6 Å². The van der Waals surface area contributed by atoms with Gasteiger partial charge in [0.15, 0.2) is 0 Å². The second kappa shape index (κ2) is 11.5. The third-order valence-electron chi connectivity index (χ3n) is 2.80. The van der Waals surface area contributed by atoms with E-state index in [1.54, 1.807) is 0 Å². The van der Waals surface area contributed by atoms with E-state index in [-0.39, 0.29) is 65.4 Å². The second-order valence-electron chi connectivity index (χ2n) is 4.71. The molecular weight excluding hydrogens is 364 g/mol. The maximum absolute atomic E-state index is 7.28. The summed E-state index contributed by atoms with van der Waals surface area (Å²) in [6.45, 7) is 12.7. The van der Waals surface area contributed by atoms with Gasteiger partial charge in [-0.2, -0.15) is 12.8 Å². The number of hydrogen-bond acceptors (Lipinski definition) is 2. The van der Waals surface area contributed by atoms with Crippen LogP contribution < -0.4 is 5.32 Å². The molecule has 2 unspecified atom stereocenters. The van der Waals surface area contributed by atoms with Crippen LogP contribution in [0.25, 0.3) is 0 Å². The van der Waals surface area contributed by atoms with Crippen LogP contribution in [0.5, 0.6) is 0 Å². The normalized spacial score (nSPS) is 26.4. The number of nitrogens with zero attached hydrogens (tertiary/aromatic N) is 1.